The lowest BCUT2D eigenvalue weighted by Crippen LogP contribution is -2.57. The summed E-state index contributed by atoms with van der Waals surface area (Å²) in [6.07, 6.45) is 5.89. The number of rotatable bonds is 7. The van der Waals surface area contributed by atoms with Crippen molar-refractivity contribution in [3.05, 3.63) is 35.6 Å². The molecule has 0 radical (unpaired) electrons. The molecule has 1 saturated heterocycles. The zero-order valence-corrected chi connectivity index (χ0v) is 17.5. The van der Waals surface area contributed by atoms with Crippen molar-refractivity contribution in [1.82, 2.24) is 20.4 Å². The minimum absolute atomic E-state index is 0.00395. The highest BCUT2D eigenvalue weighted by molar-refractivity contribution is 5.88. The summed E-state index contributed by atoms with van der Waals surface area (Å²) in [5, 5.41) is 5.94. The number of hydrogen-bond donors (Lipinski definition) is 2. The molecule has 2 amide bonds. The van der Waals surface area contributed by atoms with Crippen molar-refractivity contribution >= 4 is 11.8 Å². The number of piperazine rings is 1. The smallest absolute Gasteiger partial charge is 0.237 e. The maximum Gasteiger partial charge on any atom is 0.237 e. The Bertz CT molecular complexity index is 719. The number of hydrogen-bond acceptors (Lipinski definition) is 4. The fourth-order valence-electron chi connectivity index (χ4n) is 4.55. The van der Waals surface area contributed by atoms with Crippen LogP contribution in [0.4, 0.5) is 4.39 Å². The molecule has 29 heavy (non-hydrogen) atoms. The quantitative estimate of drug-likeness (QED) is 0.729. The standard InChI is InChI=1S/C22H33FN4O2/c1-26(2)22(9-4-3-5-10-22)16-25-20(28)14-19-21(29)24-11-12-27(19)15-17-7-6-8-18(23)13-17/h6-8,13,19H,3-5,9-12,14-16H2,1-2H3,(H,24,29)(H,25,28). The van der Waals surface area contributed by atoms with E-state index in [0.717, 1.165) is 18.4 Å². The molecule has 1 heterocycles. The lowest BCUT2D eigenvalue weighted by atomic mass is 9.80. The molecule has 1 atom stereocenters. The van der Waals surface area contributed by atoms with Crippen molar-refractivity contribution < 1.29 is 14.0 Å². The number of amides is 2. The van der Waals surface area contributed by atoms with Gasteiger partial charge in [-0.05, 0) is 44.6 Å². The summed E-state index contributed by atoms with van der Waals surface area (Å²) in [5.41, 5.74) is 0.808. The van der Waals surface area contributed by atoms with Gasteiger partial charge in [0, 0.05) is 31.7 Å². The minimum Gasteiger partial charge on any atom is -0.354 e. The van der Waals surface area contributed by atoms with E-state index in [1.54, 1.807) is 6.07 Å². The van der Waals surface area contributed by atoms with E-state index in [1.165, 1.54) is 31.4 Å². The van der Waals surface area contributed by atoms with Gasteiger partial charge in [0.2, 0.25) is 11.8 Å². The number of halogens is 1. The molecule has 1 saturated carbocycles. The van der Waals surface area contributed by atoms with Crippen LogP contribution < -0.4 is 10.6 Å². The lowest BCUT2D eigenvalue weighted by molar-refractivity contribution is -0.134. The van der Waals surface area contributed by atoms with Crippen LogP contribution in [0.25, 0.3) is 0 Å². The molecule has 1 aliphatic heterocycles. The van der Waals surface area contributed by atoms with Gasteiger partial charge < -0.3 is 15.5 Å². The first-order valence-electron chi connectivity index (χ1n) is 10.6. The first kappa shape index (κ1) is 21.7. The SMILES string of the molecule is CN(C)C1(CNC(=O)CC2C(=O)NCCN2Cc2cccc(F)c2)CCCCC1. The molecular weight excluding hydrogens is 371 g/mol. The number of nitrogens with one attached hydrogen (secondary N) is 2. The van der Waals surface area contributed by atoms with Crippen molar-refractivity contribution in [1.29, 1.82) is 0 Å². The first-order chi connectivity index (χ1) is 13.9. The van der Waals surface area contributed by atoms with Crippen LogP contribution in [-0.2, 0) is 16.1 Å². The van der Waals surface area contributed by atoms with E-state index >= 15 is 0 Å². The molecule has 0 spiro atoms. The van der Waals surface area contributed by atoms with E-state index in [9.17, 15) is 14.0 Å². The summed E-state index contributed by atoms with van der Waals surface area (Å²) >= 11 is 0. The third-order valence-electron chi connectivity index (χ3n) is 6.44. The van der Waals surface area contributed by atoms with Crippen LogP contribution in [0, 0.1) is 5.82 Å². The molecule has 1 aliphatic carbocycles. The summed E-state index contributed by atoms with van der Waals surface area (Å²) in [5.74, 6) is -0.536. The Kier molecular flexibility index (Phi) is 7.24. The van der Waals surface area contributed by atoms with Gasteiger partial charge >= 0.3 is 0 Å². The fraction of sp³-hybridized carbons (Fsp3) is 0.636. The second-order valence-electron chi connectivity index (χ2n) is 8.57. The highest BCUT2D eigenvalue weighted by Crippen LogP contribution is 2.31. The summed E-state index contributed by atoms with van der Waals surface area (Å²) in [7, 11) is 4.15. The molecule has 7 heteroatoms. The van der Waals surface area contributed by atoms with E-state index in [-0.39, 0.29) is 29.6 Å². The Morgan fingerprint density at radius 3 is 2.76 bits per heavy atom. The Morgan fingerprint density at radius 2 is 2.07 bits per heavy atom. The first-order valence-corrected chi connectivity index (χ1v) is 10.6. The number of nitrogens with zero attached hydrogens (tertiary/aromatic N) is 2. The Morgan fingerprint density at radius 1 is 1.31 bits per heavy atom. The molecule has 1 aromatic rings. The van der Waals surface area contributed by atoms with Crippen LogP contribution in [-0.4, -0.2) is 66.9 Å². The predicted octanol–water partition coefficient (Wildman–Crippen LogP) is 1.90. The molecule has 2 N–H and O–H groups in total. The van der Waals surface area contributed by atoms with Gasteiger partial charge in [-0.3, -0.25) is 14.5 Å². The van der Waals surface area contributed by atoms with E-state index in [1.807, 2.05) is 11.0 Å². The molecule has 2 aliphatic rings. The van der Waals surface area contributed by atoms with E-state index in [4.69, 9.17) is 0 Å². The van der Waals surface area contributed by atoms with Crippen molar-refractivity contribution in [2.24, 2.45) is 0 Å². The summed E-state index contributed by atoms with van der Waals surface area (Å²) in [4.78, 5) is 29.4. The monoisotopic (exact) mass is 404 g/mol. The van der Waals surface area contributed by atoms with Gasteiger partial charge in [0.15, 0.2) is 0 Å². The Hall–Kier alpha value is -1.99. The minimum atomic E-state index is -0.534. The molecule has 1 aromatic carbocycles. The molecule has 3 rings (SSSR count). The lowest BCUT2D eigenvalue weighted by Gasteiger charge is -2.43. The predicted molar refractivity (Wildman–Crippen MR) is 111 cm³/mol. The number of benzene rings is 1. The van der Waals surface area contributed by atoms with Crippen LogP contribution in [0.2, 0.25) is 0 Å². The van der Waals surface area contributed by atoms with E-state index in [2.05, 4.69) is 29.6 Å². The summed E-state index contributed by atoms with van der Waals surface area (Å²) in [6, 6.07) is 5.86. The van der Waals surface area contributed by atoms with Crippen LogP contribution in [0.3, 0.4) is 0 Å². The van der Waals surface area contributed by atoms with Gasteiger partial charge in [0.25, 0.3) is 0 Å². The fourth-order valence-corrected chi connectivity index (χ4v) is 4.55. The van der Waals surface area contributed by atoms with Crippen LogP contribution in [0.15, 0.2) is 24.3 Å². The van der Waals surface area contributed by atoms with Gasteiger partial charge in [0.05, 0.1) is 12.5 Å². The third-order valence-corrected chi connectivity index (χ3v) is 6.44. The Labute approximate surface area is 172 Å². The second kappa shape index (κ2) is 9.67. The highest BCUT2D eigenvalue weighted by atomic mass is 19.1. The average Bonchev–Trinajstić information content (AvgIpc) is 2.70. The van der Waals surface area contributed by atoms with Gasteiger partial charge in [-0.1, -0.05) is 31.4 Å². The van der Waals surface area contributed by atoms with Gasteiger partial charge in [-0.25, -0.2) is 4.39 Å². The maximum atomic E-state index is 13.5. The largest absolute Gasteiger partial charge is 0.354 e. The van der Waals surface area contributed by atoms with Gasteiger partial charge in [-0.2, -0.15) is 0 Å². The molecule has 0 bridgehead atoms. The van der Waals surface area contributed by atoms with Crippen molar-refractivity contribution in [3.8, 4) is 0 Å². The van der Waals surface area contributed by atoms with Gasteiger partial charge in [0.1, 0.15) is 5.82 Å². The zero-order valence-electron chi connectivity index (χ0n) is 17.5. The van der Waals surface area contributed by atoms with Crippen molar-refractivity contribution in [2.75, 3.05) is 33.7 Å². The van der Waals surface area contributed by atoms with Crippen LogP contribution in [0.1, 0.15) is 44.1 Å². The van der Waals surface area contributed by atoms with Crippen LogP contribution in [0.5, 0.6) is 0 Å². The number of likely N-dealkylation sites (N-methyl/N-ethyl adjacent to an activating group) is 1. The van der Waals surface area contributed by atoms with Gasteiger partial charge in [-0.15, -0.1) is 0 Å². The zero-order chi connectivity index (χ0) is 20.9. The van der Waals surface area contributed by atoms with Crippen molar-refractivity contribution in [3.63, 3.8) is 0 Å². The molecule has 1 unspecified atom stereocenters. The van der Waals surface area contributed by atoms with E-state index < -0.39 is 6.04 Å². The van der Waals surface area contributed by atoms with Crippen molar-refractivity contribution in [2.45, 2.75) is 56.7 Å². The maximum absolute atomic E-state index is 13.5. The molecule has 6 nitrogen and oxygen atoms in total. The molecular formula is C22H33FN4O2. The van der Waals surface area contributed by atoms with E-state index in [0.29, 0.717) is 26.2 Å². The molecule has 2 fully saturated rings. The summed E-state index contributed by atoms with van der Waals surface area (Å²) < 4.78 is 13.5. The topological polar surface area (TPSA) is 64.7 Å². The number of carbonyl (C=O) groups is 2. The highest BCUT2D eigenvalue weighted by Gasteiger charge is 2.36. The summed E-state index contributed by atoms with van der Waals surface area (Å²) in [6.45, 7) is 2.24. The molecule has 0 aromatic heterocycles. The average molecular weight is 405 g/mol. The normalized spacial score (nSPS) is 22.3. The third kappa shape index (κ3) is 5.54. The molecule has 160 valence electrons. The second-order valence-corrected chi connectivity index (χ2v) is 8.57. The Balaban J connectivity index is 1.60. The van der Waals surface area contributed by atoms with Crippen LogP contribution >= 0.6 is 0 Å². The number of carbonyl (C=O) groups excluding carboxylic acids is 2.